The first-order chi connectivity index (χ1) is 17.2. The van der Waals surface area contributed by atoms with Gasteiger partial charge in [0, 0.05) is 46.3 Å². The number of fused-ring (bicyclic) bond motifs is 1. The summed E-state index contributed by atoms with van der Waals surface area (Å²) in [7, 11) is 1.77. The first-order valence-corrected chi connectivity index (χ1v) is 12.7. The number of aryl methyl sites for hydroxylation is 2. The molecule has 3 aromatic rings. The van der Waals surface area contributed by atoms with E-state index in [0.717, 1.165) is 53.5 Å². The number of nitrogens with zero attached hydrogens (tertiary/aromatic N) is 2. The molecule has 1 aliphatic heterocycles. The van der Waals surface area contributed by atoms with Crippen molar-refractivity contribution < 1.29 is 13.9 Å². The fraction of sp³-hybridized carbons (Fsp3) is 0.393. The molecule has 0 saturated heterocycles. The third kappa shape index (κ3) is 4.20. The molecular formula is C28H31ClN4O3. The van der Waals surface area contributed by atoms with Crippen LogP contribution >= 0.6 is 11.6 Å². The molecule has 36 heavy (non-hydrogen) atoms. The van der Waals surface area contributed by atoms with E-state index in [-0.39, 0.29) is 23.7 Å². The summed E-state index contributed by atoms with van der Waals surface area (Å²) >= 11 is 6.10. The Morgan fingerprint density at radius 2 is 1.86 bits per heavy atom. The van der Waals surface area contributed by atoms with Crippen LogP contribution in [0.15, 0.2) is 50.8 Å². The van der Waals surface area contributed by atoms with E-state index in [4.69, 9.17) is 36.5 Å². The zero-order chi connectivity index (χ0) is 25.6. The summed E-state index contributed by atoms with van der Waals surface area (Å²) in [4.78, 5) is 23.2. The highest BCUT2D eigenvalue weighted by Gasteiger charge is 2.46. The second kappa shape index (κ2) is 9.37. The molecule has 2 heterocycles. The van der Waals surface area contributed by atoms with Gasteiger partial charge in [-0.3, -0.25) is 9.79 Å². The molecule has 2 aliphatic rings. The van der Waals surface area contributed by atoms with Crippen molar-refractivity contribution in [3.8, 4) is 0 Å². The first kappa shape index (κ1) is 24.5. The zero-order valence-corrected chi connectivity index (χ0v) is 21.8. The number of ether oxygens (including phenoxy) is 1. The van der Waals surface area contributed by atoms with Gasteiger partial charge in [-0.15, -0.1) is 0 Å². The number of methoxy groups -OCH3 is 1. The Morgan fingerprint density at radius 3 is 2.53 bits per heavy atom. The highest BCUT2D eigenvalue weighted by Crippen LogP contribution is 2.47. The SMILES string of the molecule is COC1CCC(C2(c3cc(NC(=O)c4oc5cc(Cl)ccc5c4C)ccc3C)N=C(C)C(N)=N2)CC1. The van der Waals surface area contributed by atoms with Crippen LogP contribution in [0.4, 0.5) is 5.69 Å². The number of aliphatic imine (C=N–C) groups is 2. The Balaban J connectivity index is 1.49. The van der Waals surface area contributed by atoms with E-state index in [1.54, 1.807) is 19.2 Å². The number of nitrogens with one attached hydrogen (secondary N) is 1. The van der Waals surface area contributed by atoms with Crippen LogP contribution in [0.1, 0.15) is 59.9 Å². The largest absolute Gasteiger partial charge is 0.451 e. The molecule has 0 bridgehead atoms. The summed E-state index contributed by atoms with van der Waals surface area (Å²) < 4.78 is 11.5. The first-order valence-electron chi connectivity index (χ1n) is 12.3. The minimum Gasteiger partial charge on any atom is -0.451 e. The molecule has 1 amide bonds. The van der Waals surface area contributed by atoms with Crippen molar-refractivity contribution >= 4 is 45.7 Å². The predicted molar refractivity (Wildman–Crippen MR) is 144 cm³/mol. The molecule has 1 atom stereocenters. The number of amidine groups is 1. The number of halogens is 1. The van der Waals surface area contributed by atoms with Crippen molar-refractivity contribution in [2.75, 3.05) is 12.4 Å². The minimum absolute atomic E-state index is 0.187. The van der Waals surface area contributed by atoms with E-state index in [0.29, 0.717) is 22.1 Å². The second-order valence-corrected chi connectivity index (χ2v) is 10.2. The van der Waals surface area contributed by atoms with E-state index in [1.165, 1.54) is 0 Å². The number of furan rings is 1. The van der Waals surface area contributed by atoms with Gasteiger partial charge < -0.3 is 20.2 Å². The van der Waals surface area contributed by atoms with Crippen molar-refractivity contribution in [1.82, 2.24) is 0 Å². The van der Waals surface area contributed by atoms with Crippen LogP contribution in [-0.2, 0) is 10.4 Å². The normalized spacial score (nSPS) is 24.0. The number of rotatable bonds is 5. The lowest BCUT2D eigenvalue weighted by molar-refractivity contribution is 0.0426. The van der Waals surface area contributed by atoms with Gasteiger partial charge in [-0.05, 0) is 76.3 Å². The Hall–Kier alpha value is -3.16. The number of benzene rings is 2. The van der Waals surface area contributed by atoms with Crippen LogP contribution in [-0.4, -0.2) is 30.7 Å². The summed E-state index contributed by atoms with van der Waals surface area (Å²) in [5, 5.41) is 4.43. The average molecular weight is 507 g/mol. The van der Waals surface area contributed by atoms with Crippen molar-refractivity contribution in [2.24, 2.45) is 21.6 Å². The molecule has 1 saturated carbocycles. The lowest BCUT2D eigenvalue weighted by Gasteiger charge is -2.38. The molecule has 0 radical (unpaired) electrons. The third-order valence-corrected chi connectivity index (χ3v) is 7.81. The number of hydrogen-bond acceptors (Lipinski definition) is 6. The highest BCUT2D eigenvalue weighted by molar-refractivity contribution is 6.41. The number of hydrogen-bond donors (Lipinski definition) is 2. The number of carbonyl (C=O) groups is 1. The van der Waals surface area contributed by atoms with Crippen LogP contribution in [0.5, 0.6) is 0 Å². The summed E-state index contributed by atoms with van der Waals surface area (Å²) in [5.41, 5.74) is 10.2. The lowest BCUT2D eigenvalue weighted by Crippen LogP contribution is -2.36. The van der Waals surface area contributed by atoms with Gasteiger partial charge in [-0.2, -0.15) is 0 Å². The van der Waals surface area contributed by atoms with Gasteiger partial charge in [0.15, 0.2) is 11.4 Å². The topological polar surface area (TPSA) is 102 Å². The van der Waals surface area contributed by atoms with E-state index in [9.17, 15) is 4.79 Å². The van der Waals surface area contributed by atoms with E-state index in [2.05, 4.69) is 5.32 Å². The predicted octanol–water partition coefficient (Wildman–Crippen LogP) is 6.15. The molecule has 1 fully saturated rings. The minimum atomic E-state index is -0.802. The van der Waals surface area contributed by atoms with E-state index < -0.39 is 5.66 Å². The average Bonchev–Trinajstić information content (AvgIpc) is 3.36. The Kier molecular flexibility index (Phi) is 6.39. The summed E-state index contributed by atoms with van der Waals surface area (Å²) in [6, 6.07) is 11.2. The fourth-order valence-electron chi connectivity index (χ4n) is 5.53. The number of carbonyl (C=O) groups excluding carboxylic acids is 1. The summed E-state index contributed by atoms with van der Waals surface area (Å²) in [6.07, 6.45) is 4.04. The summed E-state index contributed by atoms with van der Waals surface area (Å²) in [6.45, 7) is 5.82. The van der Waals surface area contributed by atoms with Crippen molar-refractivity contribution in [3.05, 3.63) is 63.9 Å². The van der Waals surface area contributed by atoms with Gasteiger partial charge in [0.1, 0.15) is 11.4 Å². The molecule has 0 spiro atoms. The molecule has 1 aromatic heterocycles. The standard InChI is InChI=1S/C28H31ClN4O3/c1-15-5-9-20(31-27(34)25-16(2)22-12-8-19(29)13-24(22)36-25)14-23(15)28(32-17(3)26(30)33-28)18-6-10-21(35-4)11-7-18/h5,8-9,12-14,18,21H,6-7,10-11H2,1-4H3,(H2,30,33)(H,31,34). The maximum absolute atomic E-state index is 13.2. The number of nitrogens with two attached hydrogens (primary N) is 1. The van der Waals surface area contributed by atoms with Gasteiger partial charge in [-0.1, -0.05) is 17.7 Å². The number of amides is 1. The Labute approximate surface area is 215 Å². The molecule has 1 unspecified atom stereocenters. The Bertz CT molecular complexity index is 1380. The third-order valence-electron chi connectivity index (χ3n) is 7.57. The second-order valence-electron chi connectivity index (χ2n) is 9.81. The maximum Gasteiger partial charge on any atom is 0.291 e. The van der Waals surface area contributed by atoms with Gasteiger partial charge in [0.2, 0.25) is 0 Å². The van der Waals surface area contributed by atoms with Gasteiger partial charge in [-0.25, -0.2) is 4.99 Å². The van der Waals surface area contributed by atoms with Crippen molar-refractivity contribution in [2.45, 2.75) is 58.2 Å². The summed E-state index contributed by atoms with van der Waals surface area (Å²) in [5.74, 6) is 0.596. The smallest absolute Gasteiger partial charge is 0.291 e. The zero-order valence-electron chi connectivity index (χ0n) is 21.0. The van der Waals surface area contributed by atoms with Gasteiger partial charge >= 0.3 is 0 Å². The maximum atomic E-state index is 13.2. The van der Waals surface area contributed by atoms with Crippen molar-refractivity contribution in [3.63, 3.8) is 0 Å². The Morgan fingerprint density at radius 1 is 1.11 bits per heavy atom. The molecule has 2 aromatic carbocycles. The fourth-order valence-corrected chi connectivity index (χ4v) is 5.69. The quantitative estimate of drug-likeness (QED) is 0.433. The van der Waals surface area contributed by atoms with Crippen LogP contribution in [0.25, 0.3) is 11.0 Å². The van der Waals surface area contributed by atoms with E-state index in [1.807, 2.05) is 45.0 Å². The van der Waals surface area contributed by atoms with Gasteiger partial charge in [0.05, 0.1) is 11.8 Å². The van der Waals surface area contributed by atoms with Gasteiger partial charge in [0.25, 0.3) is 5.91 Å². The van der Waals surface area contributed by atoms with Crippen LogP contribution < -0.4 is 11.1 Å². The molecule has 1 aliphatic carbocycles. The molecular weight excluding hydrogens is 476 g/mol. The van der Waals surface area contributed by atoms with Crippen LogP contribution in [0.3, 0.4) is 0 Å². The van der Waals surface area contributed by atoms with E-state index >= 15 is 0 Å². The van der Waals surface area contributed by atoms with Crippen LogP contribution in [0, 0.1) is 19.8 Å². The molecule has 5 rings (SSSR count). The molecule has 188 valence electrons. The highest BCUT2D eigenvalue weighted by atomic mass is 35.5. The molecule has 3 N–H and O–H groups in total. The van der Waals surface area contributed by atoms with Crippen LogP contribution in [0.2, 0.25) is 5.02 Å². The molecule has 8 heteroatoms. The molecule has 7 nitrogen and oxygen atoms in total. The number of anilines is 1. The monoisotopic (exact) mass is 506 g/mol. The lowest BCUT2D eigenvalue weighted by atomic mass is 9.75. The van der Waals surface area contributed by atoms with Crippen molar-refractivity contribution in [1.29, 1.82) is 0 Å².